The van der Waals surface area contributed by atoms with Crippen LogP contribution < -0.4 is 10.9 Å². The number of amides is 1. The molecule has 2 N–H and O–H groups in total. The Kier molecular flexibility index (Phi) is 7.62. The lowest BCUT2D eigenvalue weighted by atomic mass is 10.1. The highest BCUT2D eigenvalue weighted by Crippen LogP contribution is 2.31. The lowest BCUT2D eigenvalue weighted by Crippen LogP contribution is -2.27. The second-order valence-corrected chi connectivity index (χ2v) is 9.87. The van der Waals surface area contributed by atoms with Crippen LogP contribution in [0.3, 0.4) is 0 Å². The Bertz CT molecular complexity index is 1260. The van der Waals surface area contributed by atoms with Gasteiger partial charge >= 0.3 is 0 Å². The molecule has 0 radical (unpaired) electrons. The van der Waals surface area contributed by atoms with Crippen molar-refractivity contribution < 1.29 is 9.18 Å². The summed E-state index contributed by atoms with van der Waals surface area (Å²) in [5.41, 5.74) is 1.29. The average Bonchev–Trinajstić information content (AvgIpc) is 3.23. The van der Waals surface area contributed by atoms with E-state index in [1.165, 1.54) is 40.1 Å². The molecule has 4 aromatic rings. The maximum Gasteiger partial charge on any atom is 0.260 e. The topological polar surface area (TPSA) is 74.8 Å². The van der Waals surface area contributed by atoms with E-state index in [1.54, 1.807) is 23.9 Å². The first-order valence-electron chi connectivity index (χ1n) is 9.89. The van der Waals surface area contributed by atoms with E-state index in [0.29, 0.717) is 34.1 Å². The summed E-state index contributed by atoms with van der Waals surface area (Å²) in [6, 6.07) is 16.1. The van der Waals surface area contributed by atoms with E-state index in [2.05, 4.69) is 15.3 Å². The summed E-state index contributed by atoms with van der Waals surface area (Å²) >= 11 is 4.48. The number of hydrogen-bond donors (Lipinski definition) is 2. The fourth-order valence-electron chi connectivity index (χ4n) is 3.07. The molecule has 0 aliphatic carbocycles. The first-order chi connectivity index (χ1) is 15.6. The largest absolute Gasteiger partial charge is 0.355 e. The lowest BCUT2D eigenvalue weighted by Gasteiger charge is -2.05. The van der Waals surface area contributed by atoms with Crippen LogP contribution in [0.5, 0.6) is 0 Å². The van der Waals surface area contributed by atoms with Gasteiger partial charge in [-0.3, -0.25) is 9.59 Å². The maximum atomic E-state index is 13.2. The van der Waals surface area contributed by atoms with Crippen LogP contribution >= 0.6 is 34.9 Å². The minimum Gasteiger partial charge on any atom is -0.355 e. The standard InChI is InChI=1S/C23H20FN3O2S3/c24-16-8-6-15(7-9-16)18-12-32-23-21(18)22(29)26-19(27-23)13-30-14-20(28)25-10-11-31-17-4-2-1-3-5-17/h1-9,12H,10-11,13-14H2,(H,25,28)(H,26,27,29). The zero-order valence-corrected chi connectivity index (χ0v) is 19.4. The van der Waals surface area contributed by atoms with Crippen LogP contribution in [0.4, 0.5) is 4.39 Å². The number of halogens is 1. The molecule has 9 heteroatoms. The summed E-state index contributed by atoms with van der Waals surface area (Å²) in [7, 11) is 0. The summed E-state index contributed by atoms with van der Waals surface area (Å²) in [6.07, 6.45) is 0. The van der Waals surface area contributed by atoms with Crippen LogP contribution in [0.15, 0.2) is 69.7 Å². The molecule has 0 aliphatic heterocycles. The van der Waals surface area contributed by atoms with Crippen molar-refractivity contribution in [3.63, 3.8) is 0 Å². The lowest BCUT2D eigenvalue weighted by molar-refractivity contribution is -0.118. The molecule has 0 bridgehead atoms. The van der Waals surface area contributed by atoms with Gasteiger partial charge in [-0.15, -0.1) is 34.9 Å². The number of thioether (sulfide) groups is 2. The third-order valence-electron chi connectivity index (χ3n) is 4.56. The third-order valence-corrected chi connectivity index (χ3v) is 7.39. The van der Waals surface area contributed by atoms with Gasteiger partial charge < -0.3 is 10.3 Å². The van der Waals surface area contributed by atoms with Crippen molar-refractivity contribution in [2.45, 2.75) is 10.6 Å². The molecule has 2 heterocycles. The van der Waals surface area contributed by atoms with Gasteiger partial charge in [0.25, 0.3) is 5.56 Å². The zero-order valence-electron chi connectivity index (χ0n) is 17.0. The number of carbonyl (C=O) groups excluding carboxylic acids is 1. The summed E-state index contributed by atoms with van der Waals surface area (Å²) < 4.78 is 13.2. The van der Waals surface area contributed by atoms with Gasteiger partial charge in [-0.2, -0.15) is 0 Å². The highest BCUT2D eigenvalue weighted by molar-refractivity contribution is 7.99. The average molecular weight is 486 g/mol. The quantitative estimate of drug-likeness (QED) is 0.260. The van der Waals surface area contributed by atoms with Crippen LogP contribution in [0.25, 0.3) is 21.3 Å². The minimum absolute atomic E-state index is 0.0400. The Labute approximate surface area is 196 Å². The van der Waals surface area contributed by atoms with Gasteiger partial charge in [-0.1, -0.05) is 30.3 Å². The highest BCUT2D eigenvalue weighted by Gasteiger charge is 2.13. The number of H-pyrrole nitrogens is 1. The van der Waals surface area contributed by atoms with E-state index in [-0.39, 0.29) is 17.3 Å². The number of fused-ring (bicyclic) bond motifs is 1. The molecule has 32 heavy (non-hydrogen) atoms. The normalized spacial score (nSPS) is 11.0. The van der Waals surface area contributed by atoms with Gasteiger partial charge in [-0.05, 0) is 29.8 Å². The van der Waals surface area contributed by atoms with E-state index in [0.717, 1.165) is 16.9 Å². The number of hydrogen-bond acceptors (Lipinski definition) is 6. The number of nitrogens with one attached hydrogen (secondary N) is 2. The summed E-state index contributed by atoms with van der Waals surface area (Å²) in [5.74, 6) is 1.71. The van der Waals surface area contributed by atoms with Crippen molar-refractivity contribution in [2.75, 3.05) is 18.1 Å². The monoisotopic (exact) mass is 485 g/mol. The van der Waals surface area contributed by atoms with Crippen LogP contribution in [-0.2, 0) is 10.5 Å². The smallest absolute Gasteiger partial charge is 0.260 e. The first kappa shape index (κ1) is 22.6. The first-order valence-corrected chi connectivity index (χ1v) is 12.9. The molecule has 0 unspecified atom stereocenters. The molecule has 1 amide bonds. The van der Waals surface area contributed by atoms with Crippen LogP contribution in [-0.4, -0.2) is 33.9 Å². The fourth-order valence-corrected chi connectivity index (χ4v) is 5.55. The molecule has 0 aliphatic rings. The number of thiophene rings is 1. The molecule has 5 nitrogen and oxygen atoms in total. The highest BCUT2D eigenvalue weighted by atomic mass is 32.2. The van der Waals surface area contributed by atoms with Gasteiger partial charge in [0.1, 0.15) is 16.5 Å². The number of nitrogens with zero attached hydrogens (tertiary/aromatic N) is 1. The van der Waals surface area contributed by atoms with Gasteiger partial charge in [-0.25, -0.2) is 9.37 Å². The number of benzene rings is 2. The van der Waals surface area contributed by atoms with Crippen LogP contribution in [0, 0.1) is 5.82 Å². The third kappa shape index (κ3) is 5.79. The second-order valence-electron chi connectivity index (χ2n) is 6.85. The SMILES string of the molecule is O=C(CSCc1nc2scc(-c3ccc(F)cc3)c2c(=O)[nH]1)NCCSc1ccccc1. The molecule has 0 spiro atoms. The van der Waals surface area contributed by atoms with E-state index in [4.69, 9.17) is 0 Å². The number of carbonyl (C=O) groups is 1. The predicted molar refractivity (Wildman–Crippen MR) is 132 cm³/mol. The van der Waals surface area contributed by atoms with Gasteiger partial charge in [0.2, 0.25) is 5.91 Å². The van der Waals surface area contributed by atoms with Crippen molar-refractivity contribution in [1.29, 1.82) is 0 Å². The molecular formula is C23H20FN3O2S3. The predicted octanol–water partition coefficient (Wildman–Crippen LogP) is 4.93. The fraction of sp³-hybridized carbons (Fsp3) is 0.174. The van der Waals surface area contributed by atoms with Crippen molar-refractivity contribution in [3.8, 4) is 11.1 Å². The Morgan fingerprint density at radius 1 is 1.12 bits per heavy atom. The molecule has 0 fully saturated rings. The molecule has 0 atom stereocenters. The van der Waals surface area contributed by atoms with Crippen molar-refractivity contribution in [3.05, 3.63) is 82.0 Å². The summed E-state index contributed by atoms with van der Waals surface area (Å²) in [6.45, 7) is 0.599. The Morgan fingerprint density at radius 3 is 2.69 bits per heavy atom. The Morgan fingerprint density at radius 2 is 1.91 bits per heavy atom. The molecule has 0 saturated carbocycles. The molecule has 164 valence electrons. The molecular weight excluding hydrogens is 465 g/mol. The van der Waals surface area contributed by atoms with E-state index in [1.807, 2.05) is 35.7 Å². The summed E-state index contributed by atoms with van der Waals surface area (Å²) in [4.78, 5) is 33.9. The van der Waals surface area contributed by atoms with E-state index >= 15 is 0 Å². The zero-order chi connectivity index (χ0) is 22.3. The molecule has 0 saturated heterocycles. The second kappa shape index (κ2) is 10.8. The van der Waals surface area contributed by atoms with E-state index < -0.39 is 0 Å². The minimum atomic E-state index is -0.321. The van der Waals surface area contributed by atoms with Gasteiger partial charge in [0.15, 0.2) is 0 Å². The molecule has 2 aromatic heterocycles. The van der Waals surface area contributed by atoms with Crippen molar-refractivity contribution in [2.24, 2.45) is 0 Å². The van der Waals surface area contributed by atoms with Gasteiger partial charge in [0.05, 0.1) is 16.9 Å². The number of aromatic amines is 1. The molecule has 4 rings (SSSR count). The molecule has 2 aromatic carbocycles. The van der Waals surface area contributed by atoms with Gasteiger partial charge in [0, 0.05) is 28.1 Å². The van der Waals surface area contributed by atoms with Crippen LogP contribution in [0.2, 0.25) is 0 Å². The number of rotatable bonds is 9. The van der Waals surface area contributed by atoms with Crippen LogP contribution in [0.1, 0.15) is 5.82 Å². The Balaban J connectivity index is 1.28. The Hall–Kier alpha value is -2.62. The maximum absolute atomic E-state index is 13.2. The van der Waals surface area contributed by atoms with Crippen molar-refractivity contribution in [1.82, 2.24) is 15.3 Å². The summed E-state index contributed by atoms with van der Waals surface area (Å²) in [5, 5.41) is 5.27. The van der Waals surface area contributed by atoms with Crippen molar-refractivity contribution >= 4 is 51.0 Å². The number of aromatic nitrogens is 2. The van der Waals surface area contributed by atoms with E-state index in [9.17, 15) is 14.0 Å².